The zero-order valence-electron chi connectivity index (χ0n) is 19.4. The molecule has 0 aromatic heterocycles. The first-order chi connectivity index (χ1) is 16.9. The molecule has 0 radical (unpaired) electrons. The number of nitrogens with one attached hydrogen (secondary N) is 1. The van der Waals surface area contributed by atoms with Gasteiger partial charge in [0.15, 0.2) is 11.5 Å². The number of carbonyl (C=O) groups excluding carboxylic acids is 4. The van der Waals surface area contributed by atoms with E-state index in [0.29, 0.717) is 23.6 Å². The molecule has 1 N–H and O–H groups in total. The SMILES string of the molecule is COc1ccc(/C=C2\SC(=O)N(CCNC(=O)[C@@H]3CC(=O)N(c4ccccc4)C3)C2=O)cc1OC. The summed E-state index contributed by atoms with van der Waals surface area (Å²) in [5.74, 6) is -0.214. The lowest BCUT2D eigenvalue weighted by Gasteiger charge is -2.17. The highest BCUT2D eigenvalue weighted by Crippen LogP contribution is 2.34. The summed E-state index contributed by atoms with van der Waals surface area (Å²) in [7, 11) is 3.05. The Bertz CT molecular complexity index is 1180. The maximum atomic E-state index is 12.8. The quantitative estimate of drug-likeness (QED) is 0.562. The molecule has 0 bridgehead atoms. The Hall–Kier alpha value is -3.79. The van der Waals surface area contributed by atoms with Crippen LogP contribution in [0.5, 0.6) is 11.5 Å². The van der Waals surface area contributed by atoms with E-state index in [9.17, 15) is 19.2 Å². The van der Waals surface area contributed by atoms with Crippen LogP contribution in [0.3, 0.4) is 0 Å². The van der Waals surface area contributed by atoms with E-state index in [-0.39, 0.29) is 36.2 Å². The zero-order valence-corrected chi connectivity index (χ0v) is 20.2. The van der Waals surface area contributed by atoms with Crippen molar-refractivity contribution in [3.63, 3.8) is 0 Å². The summed E-state index contributed by atoms with van der Waals surface area (Å²) in [5, 5.41) is 2.35. The van der Waals surface area contributed by atoms with Crippen LogP contribution in [0.2, 0.25) is 0 Å². The van der Waals surface area contributed by atoms with Crippen molar-refractivity contribution < 1.29 is 28.7 Å². The topological polar surface area (TPSA) is 105 Å². The van der Waals surface area contributed by atoms with Gasteiger partial charge < -0.3 is 19.7 Å². The van der Waals surface area contributed by atoms with Gasteiger partial charge in [-0.15, -0.1) is 0 Å². The van der Waals surface area contributed by atoms with Crippen LogP contribution >= 0.6 is 11.8 Å². The van der Waals surface area contributed by atoms with Crippen LogP contribution in [0.15, 0.2) is 53.4 Å². The normalized spacial score (nSPS) is 19.0. The predicted octanol–water partition coefficient (Wildman–Crippen LogP) is 2.91. The van der Waals surface area contributed by atoms with Gasteiger partial charge in [-0.05, 0) is 47.7 Å². The number of thioether (sulfide) groups is 1. The first-order valence-electron chi connectivity index (χ1n) is 11.0. The van der Waals surface area contributed by atoms with Crippen LogP contribution in [0.4, 0.5) is 10.5 Å². The van der Waals surface area contributed by atoms with Crippen molar-refractivity contribution in [1.29, 1.82) is 0 Å². The molecule has 0 unspecified atom stereocenters. The third kappa shape index (κ3) is 5.32. The number of methoxy groups -OCH3 is 2. The van der Waals surface area contributed by atoms with Gasteiger partial charge in [0.2, 0.25) is 11.8 Å². The second kappa shape index (κ2) is 10.6. The number of para-hydroxylation sites is 1. The largest absolute Gasteiger partial charge is 0.493 e. The van der Waals surface area contributed by atoms with Crippen LogP contribution in [0.1, 0.15) is 12.0 Å². The summed E-state index contributed by atoms with van der Waals surface area (Å²) in [4.78, 5) is 53.1. The molecule has 2 aromatic carbocycles. The summed E-state index contributed by atoms with van der Waals surface area (Å²) in [6, 6.07) is 14.4. The minimum Gasteiger partial charge on any atom is -0.493 e. The summed E-state index contributed by atoms with van der Waals surface area (Å²) >= 11 is 0.845. The number of rotatable bonds is 8. The standard InChI is InChI=1S/C25H25N3O6S/c1-33-19-9-8-16(12-20(19)34-2)13-21-24(31)27(25(32)35-21)11-10-26-23(30)17-14-22(29)28(15-17)18-6-4-3-5-7-18/h3-9,12-13,17H,10-11,14-15H2,1-2H3,(H,26,30)/b21-13-/t17-/m1/s1. The first kappa shape index (κ1) is 24.3. The Labute approximate surface area is 207 Å². The molecule has 1 atom stereocenters. The van der Waals surface area contributed by atoms with Crippen molar-refractivity contribution in [2.75, 3.05) is 38.8 Å². The van der Waals surface area contributed by atoms with E-state index in [0.717, 1.165) is 22.3 Å². The second-order valence-corrected chi connectivity index (χ2v) is 8.97. The molecule has 9 nitrogen and oxygen atoms in total. The summed E-state index contributed by atoms with van der Waals surface area (Å²) in [6.07, 6.45) is 1.74. The van der Waals surface area contributed by atoms with E-state index >= 15 is 0 Å². The third-order valence-corrected chi connectivity index (χ3v) is 6.68. The van der Waals surface area contributed by atoms with Crippen molar-refractivity contribution in [1.82, 2.24) is 10.2 Å². The Balaban J connectivity index is 1.32. The van der Waals surface area contributed by atoms with Gasteiger partial charge in [0, 0.05) is 31.7 Å². The maximum absolute atomic E-state index is 12.8. The van der Waals surface area contributed by atoms with E-state index in [1.165, 1.54) is 14.2 Å². The van der Waals surface area contributed by atoms with Crippen LogP contribution in [0.25, 0.3) is 6.08 Å². The van der Waals surface area contributed by atoms with Gasteiger partial charge in [-0.3, -0.25) is 24.1 Å². The average molecular weight is 496 g/mol. The van der Waals surface area contributed by atoms with Gasteiger partial charge in [0.25, 0.3) is 11.1 Å². The molecule has 2 heterocycles. The molecule has 35 heavy (non-hydrogen) atoms. The lowest BCUT2D eigenvalue weighted by molar-refractivity contribution is -0.127. The van der Waals surface area contributed by atoms with Crippen molar-refractivity contribution in [2.45, 2.75) is 6.42 Å². The van der Waals surface area contributed by atoms with Crippen LogP contribution in [-0.4, -0.2) is 61.7 Å². The lowest BCUT2D eigenvalue weighted by Crippen LogP contribution is -2.40. The summed E-state index contributed by atoms with van der Waals surface area (Å²) in [5.41, 5.74) is 1.45. The summed E-state index contributed by atoms with van der Waals surface area (Å²) in [6.45, 7) is 0.448. The highest BCUT2D eigenvalue weighted by Gasteiger charge is 2.37. The molecular weight excluding hydrogens is 470 g/mol. The van der Waals surface area contributed by atoms with Crippen molar-refractivity contribution in [3.8, 4) is 11.5 Å². The van der Waals surface area contributed by atoms with Gasteiger partial charge in [-0.2, -0.15) is 0 Å². The van der Waals surface area contributed by atoms with Gasteiger partial charge in [-0.1, -0.05) is 24.3 Å². The van der Waals surface area contributed by atoms with E-state index < -0.39 is 17.1 Å². The molecule has 10 heteroatoms. The third-order valence-electron chi connectivity index (χ3n) is 5.78. The zero-order chi connectivity index (χ0) is 24.9. The molecule has 4 amide bonds. The number of anilines is 1. The van der Waals surface area contributed by atoms with Crippen molar-refractivity contribution in [2.24, 2.45) is 5.92 Å². The fraction of sp³-hybridized carbons (Fsp3) is 0.280. The minimum absolute atomic E-state index is 0.0444. The molecule has 2 aliphatic heterocycles. The lowest BCUT2D eigenvalue weighted by atomic mass is 10.1. The molecule has 2 aromatic rings. The Morgan fingerprint density at radius 3 is 2.54 bits per heavy atom. The molecule has 4 rings (SSSR count). The van der Waals surface area contributed by atoms with E-state index in [2.05, 4.69) is 5.32 Å². The van der Waals surface area contributed by atoms with Crippen LogP contribution in [0, 0.1) is 5.92 Å². The summed E-state index contributed by atoms with van der Waals surface area (Å²) < 4.78 is 10.5. The molecule has 2 saturated heterocycles. The first-order valence-corrected chi connectivity index (χ1v) is 11.8. The Morgan fingerprint density at radius 2 is 1.83 bits per heavy atom. The molecule has 0 spiro atoms. The molecular formula is C25H25N3O6S. The Kier molecular flexibility index (Phi) is 7.40. The van der Waals surface area contributed by atoms with E-state index in [1.54, 1.807) is 29.2 Å². The number of amides is 4. The fourth-order valence-corrected chi connectivity index (χ4v) is 4.83. The highest BCUT2D eigenvalue weighted by atomic mass is 32.2. The van der Waals surface area contributed by atoms with Gasteiger partial charge in [-0.25, -0.2) is 0 Å². The van der Waals surface area contributed by atoms with Gasteiger partial charge in [0.05, 0.1) is 25.0 Å². The predicted molar refractivity (Wildman–Crippen MR) is 132 cm³/mol. The number of carbonyl (C=O) groups is 4. The second-order valence-electron chi connectivity index (χ2n) is 7.98. The van der Waals surface area contributed by atoms with Crippen LogP contribution < -0.4 is 19.7 Å². The average Bonchev–Trinajstić information content (AvgIpc) is 3.39. The number of nitrogens with zero attached hydrogens (tertiary/aromatic N) is 2. The number of hydrogen-bond donors (Lipinski definition) is 1. The van der Waals surface area contributed by atoms with E-state index in [1.807, 2.05) is 30.3 Å². The van der Waals surface area contributed by atoms with Gasteiger partial charge >= 0.3 is 0 Å². The number of benzene rings is 2. The number of ether oxygens (including phenoxy) is 2. The molecule has 182 valence electrons. The maximum Gasteiger partial charge on any atom is 0.293 e. The van der Waals surface area contributed by atoms with Crippen LogP contribution in [-0.2, 0) is 14.4 Å². The fourth-order valence-electron chi connectivity index (χ4n) is 3.96. The smallest absolute Gasteiger partial charge is 0.293 e. The van der Waals surface area contributed by atoms with Crippen molar-refractivity contribution >= 4 is 46.5 Å². The number of imide groups is 1. The molecule has 0 saturated carbocycles. The molecule has 0 aliphatic carbocycles. The molecule has 2 aliphatic rings. The Morgan fingerprint density at radius 1 is 1.09 bits per heavy atom. The molecule has 2 fully saturated rings. The highest BCUT2D eigenvalue weighted by molar-refractivity contribution is 8.18. The monoisotopic (exact) mass is 495 g/mol. The number of hydrogen-bond acceptors (Lipinski definition) is 7. The minimum atomic E-state index is -0.484. The van der Waals surface area contributed by atoms with Gasteiger partial charge in [0.1, 0.15) is 0 Å². The van der Waals surface area contributed by atoms with E-state index in [4.69, 9.17) is 9.47 Å². The van der Waals surface area contributed by atoms with Crippen molar-refractivity contribution in [3.05, 3.63) is 59.0 Å².